The van der Waals surface area contributed by atoms with Crippen LogP contribution in [0.5, 0.6) is 0 Å². The average molecular weight is 338 g/mol. The number of hydrogen-bond acceptors (Lipinski definition) is 3. The normalized spacial score (nSPS) is 28.9. The second-order valence-electron chi connectivity index (χ2n) is 7.37. The summed E-state index contributed by atoms with van der Waals surface area (Å²) in [6.07, 6.45) is 5.47. The van der Waals surface area contributed by atoms with Crippen LogP contribution in [0, 0.1) is 11.8 Å². The summed E-state index contributed by atoms with van der Waals surface area (Å²) >= 11 is 3.67. The maximum Gasteiger partial charge on any atom is 0.144 e. The summed E-state index contributed by atoms with van der Waals surface area (Å²) in [5, 5.41) is 3.22. The molecule has 1 aromatic heterocycles. The third-order valence-electron chi connectivity index (χ3n) is 4.89. The molecule has 1 heterocycles. The van der Waals surface area contributed by atoms with Gasteiger partial charge in [-0.15, -0.1) is 0 Å². The fraction of sp³-hybridized carbons (Fsp3) is 0.750. The summed E-state index contributed by atoms with van der Waals surface area (Å²) in [7, 11) is 1.93. The average Bonchev–Trinajstić information content (AvgIpc) is 3.00. The first-order valence-corrected chi connectivity index (χ1v) is 8.45. The maximum absolute atomic E-state index is 4.95. The molecule has 2 aliphatic carbocycles. The van der Waals surface area contributed by atoms with Crippen LogP contribution >= 0.6 is 15.9 Å². The van der Waals surface area contributed by atoms with E-state index in [0.717, 1.165) is 33.6 Å². The lowest BCUT2D eigenvalue weighted by atomic mass is 9.87. The minimum atomic E-state index is 0.0275. The molecule has 1 aromatic rings. The van der Waals surface area contributed by atoms with Gasteiger partial charge in [0.1, 0.15) is 11.6 Å². The van der Waals surface area contributed by atoms with Gasteiger partial charge >= 0.3 is 0 Å². The van der Waals surface area contributed by atoms with Crippen LogP contribution in [0.3, 0.4) is 0 Å². The third-order valence-corrected chi connectivity index (χ3v) is 5.64. The number of halogens is 1. The summed E-state index contributed by atoms with van der Waals surface area (Å²) in [6.45, 7) is 6.64. The Kier molecular flexibility index (Phi) is 3.56. The van der Waals surface area contributed by atoms with Crippen LogP contribution < -0.4 is 5.32 Å². The zero-order valence-corrected chi connectivity index (χ0v) is 14.4. The minimum Gasteiger partial charge on any atom is -0.372 e. The Bertz CT molecular complexity index is 521. The van der Waals surface area contributed by atoms with E-state index in [1.54, 1.807) is 0 Å². The first kappa shape index (κ1) is 14.3. The van der Waals surface area contributed by atoms with Crippen molar-refractivity contribution in [3.8, 4) is 0 Å². The lowest BCUT2D eigenvalue weighted by Gasteiger charge is -2.25. The van der Waals surface area contributed by atoms with Crippen LogP contribution in [0.25, 0.3) is 0 Å². The quantitative estimate of drug-likeness (QED) is 0.864. The van der Waals surface area contributed by atoms with Crippen molar-refractivity contribution in [3.63, 3.8) is 0 Å². The van der Waals surface area contributed by atoms with Gasteiger partial charge in [-0.2, -0.15) is 0 Å². The Labute approximate surface area is 130 Å². The number of fused-ring (bicyclic) bond motifs is 2. The molecule has 2 aliphatic rings. The lowest BCUT2D eigenvalue weighted by Crippen LogP contribution is -2.20. The Hall–Kier alpha value is -0.640. The highest BCUT2D eigenvalue weighted by atomic mass is 79.9. The van der Waals surface area contributed by atoms with E-state index in [1.807, 2.05) is 7.05 Å². The maximum atomic E-state index is 4.95. The lowest BCUT2D eigenvalue weighted by molar-refractivity contribution is 0.402. The van der Waals surface area contributed by atoms with Gasteiger partial charge in [0.05, 0.1) is 10.2 Å². The largest absolute Gasteiger partial charge is 0.372 e. The van der Waals surface area contributed by atoms with Gasteiger partial charge in [0.25, 0.3) is 0 Å². The molecule has 4 heteroatoms. The van der Waals surface area contributed by atoms with Crippen molar-refractivity contribution in [1.29, 1.82) is 0 Å². The van der Waals surface area contributed by atoms with Crippen LogP contribution in [-0.2, 0) is 5.41 Å². The molecule has 0 radical (unpaired) electrons. The molecule has 110 valence electrons. The Morgan fingerprint density at radius 2 is 1.90 bits per heavy atom. The molecule has 0 amide bonds. The summed E-state index contributed by atoms with van der Waals surface area (Å²) < 4.78 is 1.01. The van der Waals surface area contributed by atoms with Crippen molar-refractivity contribution in [2.24, 2.45) is 11.8 Å². The van der Waals surface area contributed by atoms with Crippen LogP contribution in [0.2, 0.25) is 0 Å². The molecule has 0 spiro atoms. The van der Waals surface area contributed by atoms with Gasteiger partial charge in [0.15, 0.2) is 0 Å². The molecule has 3 rings (SSSR count). The van der Waals surface area contributed by atoms with E-state index in [1.165, 1.54) is 25.7 Å². The molecule has 2 fully saturated rings. The zero-order valence-electron chi connectivity index (χ0n) is 12.8. The molecule has 0 aliphatic heterocycles. The molecule has 2 saturated carbocycles. The van der Waals surface area contributed by atoms with E-state index in [0.29, 0.717) is 5.92 Å². The smallest absolute Gasteiger partial charge is 0.144 e. The molecular weight excluding hydrogens is 314 g/mol. The van der Waals surface area contributed by atoms with Crippen molar-refractivity contribution in [3.05, 3.63) is 16.0 Å². The third kappa shape index (κ3) is 2.36. The predicted molar refractivity (Wildman–Crippen MR) is 86.2 cm³/mol. The van der Waals surface area contributed by atoms with Crippen molar-refractivity contribution >= 4 is 21.7 Å². The second kappa shape index (κ2) is 4.97. The predicted octanol–water partition coefficient (Wildman–Crippen LogP) is 4.48. The summed E-state index contributed by atoms with van der Waals surface area (Å²) in [6, 6.07) is 0. The Morgan fingerprint density at radius 1 is 1.15 bits per heavy atom. The molecule has 20 heavy (non-hydrogen) atoms. The number of rotatable bonds is 2. The summed E-state index contributed by atoms with van der Waals surface area (Å²) in [5.41, 5.74) is 1.15. The Balaban J connectivity index is 2.03. The highest BCUT2D eigenvalue weighted by Gasteiger charge is 2.42. The second-order valence-corrected chi connectivity index (χ2v) is 8.17. The number of anilines is 1. The van der Waals surface area contributed by atoms with E-state index in [-0.39, 0.29) is 5.41 Å². The van der Waals surface area contributed by atoms with Crippen LogP contribution in [0.4, 0.5) is 5.82 Å². The van der Waals surface area contributed by atoms with Crippen molar-refractivity contribution in [2.75, 3.05) is 12.4 Å². The van der Waals surface area contributed by atoms with Gasteiger partial charge in [-0.1, -0.05) is 27.2 Å². The highest BCUT2D eigenvalue weighted by molar-refractivity contribution is 9.10. The van der Waals surface area contributed by atoms with E-state index in [4.69, 9.17) is 9.97 Å². The van der Waals surface area contributed by atoms with Crippen LogP contribution in [0.1, 0.15) is 63.9 Å². The number of nitrogens with zero attached hydrogens (tertiary/aromatic N) is 2. The topological polar surface area (TPSA) is 37.8 Å². The zero-order chi connectivity index (χ0) is 14.5. The van der Waals surface area contributed by atoms with E-state index < -0.39 is 0 Å². The number of aromatic nitrogens is 2. The monoisotopic (exact) mass is 337 g/mol. The van der Waals surface area contributed by atoms with Gasteiger partial charge < -0.3 is 5.32 Å². The van der Waals surface area contributed by atoms with Crippen LogP contribution in [-0.4, -0.2) is 17.0 Å². The molecule has 0 saturated heterocycles. The molecule has 1 N–H and O–H groups in total. The van der Waals surface area contributed by atoms with Crippen LogP contribution in [0.15, 0.2) is 4.47 Å². The summed E-state index contributed by atoms with van der Waals surface area (Å²) in [4.78, 5) is 9.75. The molecule has 0 aromatic carbocycles. The van der Waals surface area contributed by atoms with Gasteiger partial charge in [0, 0.05) is 18.4 Å². The fourth-order valence-electron chi connectivity index (χ4n) is 3.85. The first-order chi connectivity index (χ1) is 9.40. The highest BCUT2D eigenvalue weighted by Crippen LogP contribution is 2.52. The van der Waals surface area contributed by atoms with E-state index in [2.05, 4.69) is 42.0 Å². The van der Waals surface area contributed by atoms with Crippen molar-refractivity contribution in [2.45, 2.75) is 57.8 Å². The number of hydrogen-bond donors (Lipinski definition) is 1. The summed E-state index contributed by atoms with van der Waals surface area (Å²) in [5.74, 6) is 4.32. The fourth-order valence-corrected chi connectivity index (χ4v) is 4.82. The van der Waals surface area contributed by atoms with Gasteiger partial charge in [0.2, 0.25) is 0 Å². The molecule has 2 bridgehead atoms. The molecular formula is C16H24BrN3. The van der Waals surface area contributed by atoms with E-state index >= 15 is 0 Å². The van der Waals surface area contributed by atoms with Crippen molar-refractivity contribution < 1.29 is 0 Å². The standard InChI is InChI=1S/C16H24BrN3/c1-16(2,3)13-12(17)15(18-4)20-14(19-13)11-8-9-5-6-10(11)7-9/h9-11H,5-8H2,1-4H3,(H,18,19,20). The van der Waals surface area contributed by atoms with Gasteiger partial charge in [-0.05, 0) is 47.0 Å². The molecule has 3 nitrogen and oxygen atoms in total. The van der Waals surface area contributed by atoms with Crippen molar-refractivity contribution in [1.82, 2.24) is 9.97 Å². The first-order valence-electron chi connectivity index (χ1n) is 7.65. The number of nitrogens with one attached hydrogen (secondary N) is 1. The molecule has 3 unspecified atom stereocenters. The molecule has 3 atom stereocenters. The Morgan fingerprint density at radius 3 is 2.40 bits per heavy atom. The van der Waals surface area contributed by atoms with E-state index in [9.17, 15) is 0 Å². The minimum absolute atomic E-state index is 0.0275. The van der Waals surface area contributed by atoms with Gasteiger partial charge in [-0.3, -0.25) is 0 Å². The van der Waals surface area contributed by atoms with Gasteiger partial charge in [-0.25, -0.2) is 9.97 Å². The SMILES string of the molecule is CNc1nc(C2CC3CCC2C3)nc(C(C)(C)C)c1Br.